The summed E-state index contributed by atoms with van der Waals surface area (Å²) in [7, 11) is 0. The maximum Gasteiger partial charge on any atom is 0.148 e. The molecule has 1 aliphatic carbocycles. The first-order chi connectivity index (χ1) is 6.13. The minimum Gasteiger partial charge on any atom is -0.387 e. The molecule has 6 heteroatoms. The third-order valence-corrected chi connectivity index (χ3v) is 2.57. The number of rotatable bonds is 0. The summed E-state index contributed by atoms with van der Waals surface area (Å²) in [5, 5.41) is 37.4. The standard InChI is InChI=1S/C7H12O6/c8-2-3(9)5(11)7-6(4(2)10)12-1-13-7/h2-11H,1H2. The first kappa shape index (κ1) is 9.32. The first-order valence-corrected chi connectivity index (χ1v) is 4.08. The second-order valence-corrected chi connectivity index (χ2v) is 3.34. The summed E-state index contributed by atoms with van der Waals surface area (Å²) in [5.74, 6) is 0. The molecule has 0 amide bonds. The fraction of sp³-hybridized carbons (Fsp3) is 1.00. The van der Waals surface area contributed by atoms with Gasteiger partial charge in [-0.2, -0.15) is 0 Å². The summed E-state index contributed by atoms with van der Waals surface area (Å²) in [5.41, 5.74) is 0. The Morgan fingerprint density at radius 2 is 1.08 bits per heavy atom. The zero-order valence-corrected chi connectivity index (χ0v) is 6.78. The lowest BCUT2D eigenvalue weighted by atomic mass is 9.85. The van der Waals surface area contributed by atoms with Gasteiger partial charge in [0, 0.05) is 0 Å². The van der Waals surface area contributed by atoms with Crippen LogP contribution >= 0.6 is 0 Å². The van der Waals surface area contributed by atoms with E-state index in [0.29, 0.717) is 0 Å². The predicted molar refractivity (Wildman–Crippen MR) is 38.6 cm³/mol. The van der Waals surface area contributed by atoms with Crippen molar-refractivity contribution in [3.63, 3.8) is 0 Å². The maximum atomic E-state index is 9.41. The van der Waals surface area contributed by atoms with Crippen LogP contribution in [-0.4, -0.2) is 63.8 Å². The Morgan fingerprint density at radius 1 is 0.692 bits per heavy atom. The van der Waals surface area contributed by atoms with Gasteiger partial charge in [-0.1, -0.05) is 0 Å². The van der Waals surface area contributed by atoms with Gasteiger partial charge in [0.15, 0.2) is 0 Å². The van der Waals surface area contributed by atoms with Crippen LogP contribution in [0.2, 0.25) is 0 Å². The molecule has 6 unspecified atom stereocenters. The largest absolute Gasteiger partial charge is 0.387 e. The van der Waals surface area contributed by atoms with Crippen LogP contribution in [-0.2, 0) is 9.47 Å². The van der Waals surface area contributed by atoms with Crippen LogP contribution in [0.1, 0.15) is 0 Å². The summed E-state index contributed by atoms with van der Waals surface area (Å²) in [4.78, 5) is 0. The van der Waals surface area contributed by atoms with E-state index < -0.39 is 36.6 Å². The molecular formula is C7H12O6. The van der Waals surface area contributed by atoms with Gasteiger partial charge in [-0.15, -0.1) is 0 Å². The molecular weight excluding hydrogens is 180 g/mol. The highest BCUT2D eigenvalue weighted by molar-refractivity contribution is 5.01. The molecule has 1 saturated carbocycles. The van der Waals surface area contributed by atoms with Gasteiger partial charge in [0.25, 0.3) is 0 Å². The fourth-order valence-electron chi connectivity index (χ4n) is 1.76. The van der Waals surface area contributed by atoms with E-state index in [4.69, 9.17) is 9.47 Å². The SMILES string of the molecule is OC1C(O)C(O)C2OCOC2C1O. The van der Waals surface area contributed by atoms with E-state index >= 15 is 0 Å². The summed E-state index contributed by atoms with van der Waals surface area (Å²) >= 11 is 0. The lowest BCUT2D eigenvalue weighted by Crippen LogP contribution is -2.62. The zero-order chi connectivity index (χ0) is 9.59. The molecule has 76 valence electrons. The normalized spacial score (nSPS) is 56.3. The molecule has 2 fully saturated rings. The van der Waals surface area contributed by atoms with Crippen molar-refractivity contribution in [2.45, 2.75) is 36.6 Å². The molecule has 0 aromatic heterocycles. The molecule has 0 aromatic carbocycles. The summed E-state index contributed by atoms with van der Waals surface area (Å²) in [6.07, 6.45) is -6.73. The van der Waals surface area contributed by atoms with Crippen molar-refractivity contribution in [3.05, 3.63) is 0 Å². The van der Waals surface area contributed by atoms with Crippen molar-refractivity contribution in [1.82, 2.24) is 0 Å². The van der Waals surface area contributed by atoms with Crippen molar-refractivity contribution >= 4 is 0 Å². The monoisotopic (exact) mass is 192 g/mol. The van der Waals surface area contributed by atoms with Gasteiger partial charge in [0.2, 0.25) is 0 Å². The quantitative estimate of drug-likeness (QED) is 0.330. The molecule has 0 spiro atoms. The molecule has 4 N–H and O–H groups in total. The minimum atomic E-state index is -1.39. The lowest BCUT2D eigenvalue weighted by molar-refractivity contribution is -0.192. The minimum absolute atomic E-state index is 0.0388. The van der Waals surface area contributed by atoms with E-state index in [9.17, 15) is 20.4 Å². The van der Waals surface area contributed by atoms with Crippen LogP contribution < -0.4 is 0 Å². The molecule has 2 rings (SSSR count). The third kappa shape index (κ3) is 1.26. The Kier molecular flexibility index (Phi) is 2.26. The highest BCUT2D eigenvalue weighted by atomic mass is 16.7. The highest BCUT2D eigenvalue weighted by Gasteiger charge is 2.52. The number of aliphatic hydroxyl groups excluding tert-OH is 4. The van der Waals surface area contributed by atoms with Gasteiger partial charge >= 0.3 is 0 Å². The van der Waals surface area contributed by atoms with Crippen LogP contribution in [0.15, 0.2) is 0 Å². The van der Waals surface area contributed by atoms with Crippen LogP contribution in [0.4, 0.5) is 0 Å². The fourth-order valence-corrected chi connectivity index (χ4v) is 1.76. The van der Waals surface area contributed by atoms with Crippen molar-refractivity contribution in [2.24, 2.45) is 0 Å². The third-order valence-electron chi connectivity index (χ3n) is 2.57. The predicted octanol–water partition coefficient (Wildman–Crippen LogP) is -2.81. The van der Waals surface area contributed by atoms with Gasteiger partial charge in [0.05, 0.1) is 0 Å². The van der Waals surface area contributed by atoms with Crippen molar-refractivity contribution in [2.75, 3.05) is 6.79 Å². The number of ether oxygens (including phenoxy) is 2. The van der Waals surface area contributed by atoms with Crippen LogP contribution in [0.25, 0.3) is 0 Å². The van der Waals surface area contributed by atoms with Gasteiger partial charge in [-0.05, 0) is 0 Å². The van der Waals surface area contributed by atoms with E-state index in [1.54, 1.807) is 0 Å². The zero-order valence-electron chi connectivity index (χ0n) is 6.78. The van der Waals surface area contributed by atoms with E-state index in [1.807, 2.05) is 0 Å². The Hall–Kier alpha value is -0.240. The van der Waals surface area contributed by atoms with Crippen molar-refractivity contribution < 1.29 is 29.9 Å². The molecule has 2 aliphatic rings. The number of hydrogen-bond acceptors (Lipinski definition) is 6. The molecule has 6 nitrogen and oxygen atoms in total. The number of fused-ring (bicyclic) bond motifs is 1. The smallest absolute Gasteiger partial charge is 0.148 e. The summed E-state index contributed by atoms with van der Waals surface area (Å²) < 4.78 is 9.91. The van der Waals surface area contributed by atoms with E-state index in [-0.39, 0.29) is 6.79 Å². The number of hydrogen-bond donors (Lipinski definition) is 4. The summed E-state index contributed by atoms with van der Waals surface area (Å²) in [6, 6.07) is 0. The van der Waals surface area contributed by atoms with Gasteiger partial charge in [-0.3, -0.25) is 0 Å². The Bertz CT molecular complexity index is 177. The van der Waals surface area contributed by atoms with Gasteiger partial charge in [-0.25, -0.2) is 0 Å². The van der Waals surface area contributed by atoms with E-state index in [2.05, 4.69) is 0 Å². The van der Waals surface area contributed by atoms with Crippen LogP contribution in [0.5, 0.6) is 0 Å². The van der Waals surface area contributed by atoms with Crippen LogP contribution in [0, 0.1) is 0 Å². The lowest BCUT2D eigenvalue weighted by Gasteiger charge is -2.38. The highest BCUT2D eigenvalue weighted by Crippen LogP contribution is 2.29. The van der Waals surface area contributed by atoms with E-state index in [0.717, 1.165) is 0 Å². The topological polar surface area (TPSA) is 99.4 Å². The molecule has 0 radical (unpaired) electrons. The molecule has 6 atom stereocenters. The molecule has 1 heterocycles. The first-order valence-electron chi connectivity index (χ1n) is 4.08. The van der Waals surface area contributed by atoms with Crippen LogP contribution in [0.3, 0.4) is 0 Å². The molecule has 1 saturated heterocycles. The summed E-state index contributed by atoms with van der Waals surface area (Å²) in [6.45, 7) is -0.0388. The maximum absolute atomic E-state index is 9.41. The van der Waals surface area contributed by atoms with Crippen molar-refractivity contribution in [1.29, 1.82) is 0 Å². The second kappa shape index (κ2) is 3.16. The number of aliphatic hydroxyl groups is 4. The Balaban J connectivity index is 2.19. The van der Waals surface area contributed by atoms with Crippen molar-refractivity contribution in [3.8, 4) is 0 Å². The van der Waals surface area contributed by atoms with E-state index in [1.165, 1.54) is 0 Å². The molecule has 1 aliphatic heterocycles. The van der Waals surface area contributed by atoms with Gasteiger partial charge < -0.3 is 29.9 Å². The molecule has 0 bridgehead atoms. The average Bonchev–Trinajstić information content (AvgIpc) is 2.59. The molecule has 0 aromatic rings. The average molecular weight is 192 g/mol. The second-order valence-electron chi connectivity index (χ2n) is 3.34. The van der Waals surface area contributed by atoms with Gasteiger partial charge in [0.1, 0.15) is 43.4 Å². The Labute approximate surface area is 74.3 Å². The Morgan fingerprint density at radius 3 is 1.46 bits per heavy atom. The molecule has 13 heavy (non-hydrogen) atoms.